The Morgan fingerprint density at radius 3 is 1.79 bits per heavy atom. The van der Waals surface area contributed by atoms with Crippen LogP contribution in [0.3, 0.4) is 0 Å². The fraction of sp³-hybridized carbons (Fsp3) is 0.479. The van der Waals surface area contributed by atoms with Gasteiger partial charge < -0.3 is 143 Å². The van der Waals surface area contributed by atoms with Gasteiger partial charge in [-0.25, -0.2) is 4.79 Å². The maximum atomic E-state index is 16.4. The molecule has 600 valence electrons. The van der Waals surface area contributed by atoms with E-state index < -0.39 is 261 Å². The van der Waals surface area contributed by atoms with Crippen LogP contribution in [0.4, 0.5) is 0 Å². The van der Waals surface area contributed by atoms with Crippen LogP contribution in [0.25, 0.3) is 11.1 Å². The number of likely N-dealkylation sites (N-methyl/N-ethyl adjacent to an activating group) is 1. The van der Waals surface area contributed by atoms with Gasteiger partial charge in [0.25, 0.3) is 0 Å². The van der Waals surface area contributed by atoms with Crippen molar-refractivity contribution in [1.29, 1.82) is 0 Å². The van der Waals surface area contributed by atoms with Crippen LogP contribution in [0, 0.1) is 5.92 Å². The first-order valence-electron chi connectivity index (χ1n) is 35.3. The lowest BCUT2D eigenvalue weighted by molar-refractivity contribution is -0.333. The molecule has 5 aromatic carbocycles. The number of aliphatic hydroxyl groups is 6. The van der Waals surface area contributed by atoms with Crippen LogP contribution in [0.1, 0.15) is 125 Å². The molecule has 13 rings (SSSR count). The lowest BCUT2D eigenvalue weighted by atomic mass is 9.86. The van der Waals surface area contributed by atoms with E-state index in [9.17, 15) is 70.2 Å². The zero-order valence-electron chi connectivity index (χ0n) is 60.7. The molecule has 0 aromatic heterocycles. The molecule has 38 heteroatoms. The van der Waals surface area contributed by atoms with Crippen molar-refractivity contribution in [3.05, 3.63) is 117 Å². The Morgan fingerprint density at radius 2 is 1.23 bits per heavy atom. The van der Waals surface area contributed by atoms with Crippen LogP contribution in [-0.2, 0) is 62.0 Å². The Labute approximate surface area is 643 Å². The fourth-order valence-corrected chi connectivity index (χ4v) is 14.7. The van der Waals surface area contributed by atoms with Crippen molar-refractivity contribution in [2.75, 3.05) is 13.7 Å². The van der Waals surface area contributed by atoms with Crippen molar-refractivity contribution in [3.8, 4) is 57.1 Å². The van der Waals surface area contributed by atoms with E-state index in [1.807, 2.05) is 13.8 Å². The van der Waals surface area contributed by atoms with Gasteiger partial charge in [0, 0.05) is 46.7 Å². The van der Waals surface area contributed by atoms with Gasteiger partial charge in [0.05, 0.1) is 53.5 Å². The van der Waals surface area contributed by atoms with Gasteiger partial charge in [-0.3, -0.25) is 33.6 Å². The topological polar surface area (TPSA) is 575 Å². The first-order chi connectivity index (χ1) is 52.3. The molecule has 0 unspecified atom stereocenters. The van der Waals surface area contributed by atoms with Crippen molar-refractivity contribution < 1.29 is 127 Å². The monoisotopic (exact) mass is 1590 g/mol. The molecule has 8 aliphatic heterocycles. The number of nitrogens with one attached hydrogen (secondary N) is 7. The van der Waals surface area contributed by atoms with Crippen molar-refractivity contribution in [2.45, 2.75) is 201 Å². The van der Waals surface area contributed by atoms with E-state index >= 15 is 19.2 Å². The number of aromatic hydroxyl groups is 3. The normalized spacial score (nSPS) is 32.1. The van der Waals surface area contributed by atoms with Gasteiger partial charge in [0.15, 0.2) is 36.2 Å². The standard InChI is InChI=1S/C73H88Cl2N10O26/c1-26(2)14-38(79-7)64(96)84-54-56(91)30-9-12-42(36(74)16-30)106-44-18-32-19-45(60(44)111-71-61(58(93)57(92)46(25-86)108-71)110-49-24-73(6,78)63(95)28(4)105-49)107-43-13-10-31(17-37(43)75)59(109-48-23-72(5,77)62(94)27(3)104-48)55-69(101)83-53(70(102)103)35-20-33(87)21-41(89)50(35)34-15-29(8-11-40(34)88)51(66(98)85-55)82-67(99)52(32)81-65(97)39(22-47(76)90)80-68(54)100/h8-13,15-21,26-28,38-39,46,48-49,51-59,61-63,71,79,86-89,91-95H,14,22-25,77-78H2,1-7H3,(H2,76,90)(H,80,100)(H,81,97)(H,82,99)(H,83,101)(H,84,96)(H,85,98)(H,102,103)/t27-,28-,38+,39-,46+,48-,49-,51+,52+,53-,54+,55-,56+,57-,58-,59+,61+,62-,63-,71-,72-,73-/m0/s1. The third-order valence-corrected chi connectivity index (χ3v) is 20.7. The summed E-state index contributed by atoms with van der Waals surface area (Å²) in [7, 11) is 1.47. The number of ether oxygens (including phenoxy) is 8. The molecular weight excluding hydrogens is 1500 g/mol. The third-order valence-electron chi connectivity index (χ3n) is 20.1. The summed E-state index contributed by atoms with van der Waals surface area (Å²) in [6, 6.07) is -0.452. The molecule has 0 spiro atoms. The summed E-state index contributed by atoms with van der Waals surface area (Å²) < 4.78 is 51.7. The summed E-state index contributed by atoms with van der Waals surface area (Å²) in [6.45, 7) is 8.58. The van der Waals surface area contributed by atoms with Crippen LogP contribution in [0.15, 0.2) is 78.9 Å². The van der Waals surface area contributed by atoms with E-state index in [0.717, 1.165) is 48.5 Å². The number of primary amides is 1. The van der Waals surface area contributed by atoms with E-state index in [2.05, 4.69) is 37.2 Å². The summed E-state index contributed by atoms with van der Waals surface area (Å²) in [4.78, 5) is 120. The minimum atomic E-state index is -2.38. The van der Waals surface area contributed by atoms with Crippen molar-refractivity contribution >= 4 is 70.5 Å². The predicted molar refractivity (Wildman–Crippen MR) is 386 cm³/mol. The number of phenolic OH excluding ortho intramolecular Hbond substituents is 3. The number of carboxylic acids is 1. The van der Waals surface area contributed by atoms with E-state index in [-0.39, 0.29) is 52.6 Å². The average molecular weight is 1590 g/mol. The lowest BCUT2D eigenvalue weighted by Crippen LogP contribution is -2.64. The molecule has 8 heterocycles. The Hall–Kier alpha value is -9.32. The zero-order valence-corrected chi connectivity index (χ0v) is 62.2. The highest BCUT2D eigenvalue weighted by Crippen LogP contribution is 2.50. The highest BCUT2D eigenvalue weighted by Gasteiger charge is 2.52. The highest BCUT2D eigenvalue weighted by molar-refractivity contribution is 6.32. The molecule has 22 atom stereocenters. The van der Waals surface area contributed by atoms with Gasteiger partial charge in [0.2, 0.25) is 53.4 Å². The number of carboxylic acid groups (broad SMARTS) is 1. The van der Waals surface area contributed by atoms with E-state index in [4.69, 9.17) is 78.3 Å². The Kier molecular flexibility index (Phi) is 24.7. The highest BCUT2D eigenvalue weighted by atomic mass is 35.5. The Morgan fingerprint density at radius 1 is 0.658 bits per heavy atom. The largest absolute Gasteiger partial charge is 0.508 e. The molecule has 3 fully saturated rings. The Bertz CT molecular complexity index is 4420. The Balaban J connectivity index is 1.19. The van der Waals surface area contributed by atoms with E-state index in [1.54, 1.807) is 0 Å². The van der Waals surface area contributed by atoms with Crippen molar-refractivity contribution in [1.82, 2.24) is 37.2 Å². The molecule has 8 aliphatic rings. The van der Waals surface area contributed by atoms with Crippen LogP contribution in [-0.4, -0.2) is 215 Å². The smallest absolute Gasteiger partial charge is 0.330 e. The van der Waals surface area contributed by atoms with Gasteiger partial charge in [-0.1, -0.05) is 55.2 Å². The van der Waals surface area contributed by atoms with Crippen LogP contribution < -0.4 is 68.6 Å². The number of rotatable bonds is 15. The third kappa shape index (κ3) is 17.7. The molecule has 11 bridgehead atoms. The summed E-state index contributed by atoms with van der Waals surface area (Å²) >= 11 is 14.5. The SMILES string of the molecule is CN[C@H](CC(C)C)C(=O)N[C@H]1C(=O)N[C@@H](CC(N)=O)C(=O)N[C@H]2C(=O)N[C@H]3C(=O)N[C@H](C(=O)N[C@H](C(=O)O)c4cc(O)cc(O)c4-c4cc3ccc4O)[C@H](O[C@H]3C[C@](C)(N)[C@@H](O)[C@H](C)O3)c3ccc(c(Cl)c3)Oc3cc2cc(c3O[C@@H]2O[C@H](CO)[C@H](O)[C@H](O)[C@H]2O[C@H]2C[C@](C)(N)[C@@H](O)[C@H](C)O2)Oc2ccc(cc2Cl)[C@H]1O. The van der Waals surface area contributed by atoms with E-state index in [0.29, 0.717) is 0 Å². The van der Waals surface area contributed by atoms with Gasteiger partial charge in [-0.15, -0.1) is 0 Å². The zero-order chi connectivity index (χ0) is 80.9. The molecular formula is C73H88Cl2N10O26. The first kappa shape index (κ1) is 82.6. The van der Waals surface area contributed by atoms with Gasteiger partial charge in [-0.05, 0) is 124 Å². The number of halogens is 2. The van der Waals surface area contributed by atoms with Crippen molar-refractivity contribution in [3.63, 3.8) is 0 Å². The number of aliphatic carboxylic acids is 1. The quantitative estimate of drug-likeness (QED) is 0.0672. The number of carbonyl (C=O) groups is 8. The number of benzene rings is 5. The molecule has 111 heavy (non-hydrogen) atoms. The number of nitrogens with two attached hydrogens (primary N) is 3. The van der Waals surface area contributed by atoms with Crippen LogP contribution >= 0.6 is 23.2 Å². The predicted octanol–water partition coefficient (Wildman–Crippen LogP) is 0.344. The second kappa shape index (κ2) is 33.2. The number of aliphatic hydroxyl groups excluding tert-OH is 6. The lowest BCUT2D eigenvalue weighted by Gasteiger charge is -2.47. The minimum Gasteiger partial charge on any atom is -0.508 e. The second-order valence-electron chi connectivity index (χ2n) is 29.3. The second-order valence-corrected chi connectivity index (χ2v) is 30.1. The van der Waals surface area contributed by atoms with Gasteiger partial charge >= 0.3 is 5.97 Å². The summed E-state index contributed by atoms with van der Waals surface area (Å²) in [5.41, 5.74) is 13.3. The molecule has 5 aromatic rings. The molecule has 0 radical (unpaired) electrons. The van der Waals surface area contributed by atoms with Crippen LogP contribution in [0.2, 0.25) is 10.0 Å². The van der Waals surface area contributed by atoms with Crippen molar-refractivity contribution in [2.24, 2.45) is 23.1 Å². The first-order valence-corrected chi connectivity index (χ1v) is 36.1. The summed E-state index contributed by atoms with van der Waals surface area (Å²) in [5, 5.41) is 131. The maximum absolute atomic E-state index is 16.4. The number of phenols is 3. The number of hydrogen-bond donors (Lipinski definition) is 20. The number of amides is 7. The number of carbonyl (C=O) groups excluding carboxylic acids is 7. The molecule has 3 saturated heterocycles. The van der Waals surface area contributed by atoms with Gasteiger partial charge in [0.1, 0.15) is 89.5 Å². The van der Waals surface area contributed by atoms with Crippen LogP contribution in [0.5, 0.6) is 46.0 Å². The van der Waals surface area contributed by atoms with Gasteiger partial charge in [-0.2, -0.15) is 0 Å². The summed E-state index contributed by atoms with van der Waals surface area (Å²) in [5.74, 6) is -16.1. The number of fused-ring (bicyclic) bond motifs is 15. The molecule has 36 nitrogen and oxygen atoms in total. The molecule has 0 saturated carbocycles. The molecule has 0 aliphatic carbocycles. The van der Waals surface area contributed by atoms with E-state index in [1.165, 1.54) is 65.1 Å². The fourth-order valence-electron chi connectivity index (χ4n) is 14.3. The molecule has 7 amide bonds. The average Bonchev–Trinajstić information content (AvgIpc) is 0.763. The number of hydrogen-bond acceptors (Lipinski definition) is 28. The minimum absolute atomic E-state index is 0.110. The summed E-state index contributed by atoms with van der Waals surface area (Å²) in [6.07, 6.45) is -22.8. The molecule has 23 N–H and O–H groups in total. The maximum Gasteiger partial charge on any atom is 0.330 e.